The van der Waals surface area contributed by atoms with Crippen LogP contribution in [-0.2, 0) is 4.74 Å². The van der Waals surface area contributed by atoms with Crippen molar-refractivity contribution in [3.8, 4) is 9.88 Å². The third-order valence-electron chi connectivity index (χ3n) is 3.72. The molecule has 0 spiro atoms. The molecule has 0 radical (unpaired) electrons. The van der Waals surface area contributed by atoms with Crippen LogP contribution in [0.15, 0.2) is 17.5 Å². The highest BCUT2D eigenvalue weighted by atomic mass is 35.5. The van der Waals surface area contributed by atoms with Crippen molar-refractivity contribution in [1.29, 1.82) is 0 Å². The number of aromatic nitrogens is 1. The van der Waals surface area contributed by atoms with Crippen LogP contribution in [0.3, 0.4) is 0 Å². The van der Waals surface area contributed by atoms with Gasteiger partial charge >= 0.3 is 6.09 Å². The second kappa shape index (κ2) is 7.50. The van der Waals surface area contributed by atoms with Crippen molar-refractivity contribution in [2.45, 2.75) is 6.42 Å². The van der Waals surface area contributed by atoms with E-state index in [1.54, 1.807) is 15.2 Å². The number of hydrogen-bond acceptors (Lipinski definition) is 6. The van der Waals surface area contributed by atoms with E-state index in [1.165, 1.54) is 29.8 Å². The molecule has 3 heterocycles. The molecule has 1 aliphatic rings. The quantitative estimate of drug-likeness (QED) is 0.794. The van der Waals surface area contributed by atoms with E-state index in [1.807, 2.05) is 12.1 Å². The van der Waals surface area contributed by atoms with Gasteiger partial charge in [-0.3, -0.25) is 4.79 Å². The Morgan fingerprint density at radius 2 is 1.96 bits per heavy atom. The molecule has 0 aromatic carbocycles. The number of methoxy groups -OCH3 is 1. The van der Waals surface area contributed by atoms with Gasteiger partial charge in [-0.15, -0.1) is 22.7 Å². The Kier molecular flexibility index (Phi) is 5.37. The number of hydrogen-bond donors (Lipinski definition) is 0. The molecule has 1 saturated heterocycles. The molecule has 0 aliphatic carbocycles. The van der Waals surface area contributed by atoms with Crippen LogP contribution in [0.1, 0.15) is 16.9 Å². The highest BCUT2D eigenvalue weighted by Gasteiger charge is 2.24. The van der Waals surface area contributed by atoms with Gasteiger partial charge in [-0.05, 0) is 18.6 Å². The first kappa shape index (κ1) is 17.2. The molecule has 24 heavy (non-hydrogen) atoms. The second-order valence-electron chi connectivity index (χ2n) is 5.24. The summed E-state index contributed by atoms with van der Waals surface area (Å²) >= 11 is 8.82. The normalized spacial score (nSPS) is 15.2. The molecular formula is C15H16ClN3O3S2. The molecule has 2 amide bonds. The highest BCUT2D eigenvalue weighted by Crippen LogP contribution is 2.33. The minimum absolute atomic E-state index is 0.105. The average Bonchev–Trinajstić information content (AvgIpc) is 3.16. The maximum atomic E-state index is 12.7. The summed E-state index contributed by atoms with van der Waals surface area (Å²) in [6.07, 6.45) is 0.369. The number of nitrogens with zero attached hydrogens (tertiary/aromatic N) is 3. The Bertz CT molecular complexity index is 746. The Morgan fingerprint density at radius 3 is 2.67 bits per heavy atom. The molecule has 2 aromatic heterocycles. The number of rotatable bonds is 2. The number of ether oxygens (including phenoxy) is 1. The van der Waals surface area contributed by atoms with Gasteiger partial charge in [0.15, 0.2) is 0 Å². The summed E-state index contributed by atoms with van der Waals surface area (Å²) in [4.78, 5) is 33.0. The number of thiazole rings is 1. The molecule has 0 unspecified atom stereocenters. The van der Waals surface area contributed by atoms with Crippen molar-refractivity contribution in [1.82, 2.24) is 14.8 Å². The first-order chi connectivity index (χ1) is 11.6. The lowest BCUT2D eigenvalue weighted by molar-refractivity contribution is 0.0752. The number of carbonyl (C=O) groups is 2. The standard InChI is InChI=1S/C15H16ClN3O3S2/c1-22-15(21)19-6-2-5-18(7-8-19)14(20)10-9-23-13(17-10)11-3-4-12(16)24-11/h3-4,9H,2,5-8H2,1H3. The molecule has 1 aliphatic heterocycles. The first-order valence-corrected chi connectivity index (χ1v) is 9.49. The minimum atomic E-state index is -0.352. The summed E-state index contributed by atoms with van der Waals surface area (Å²) in [7, 11) is 1.36. The summed E-state index contributed by atoms with van der Waals surface area (Å²) in [5.74, 6) is -0.105. The van der Waals surface area contributed by atoms with Crippen LogP contribution in [-0.4, -0.2) is 60.1 Å². The fourth-order valence-corrected chi connectivity index (χ4v) is 4.42. The van der Waals surface area contributed by atoms with E-state index in [2.05, 4.69) is 4.98 Å². The Hall–Kier alpha value is -1.64. The predicted octanol–water partition coefficient (Wildman–Crippen LogP) is 3.44. The van der Waals surface area contributed by atoms with E-state index in [0.717, 1.165) is 16.3 Å². The molecule has 9 heteroatoms. The van der Waals surface area contributed by atoms with Gasteiger partial charge in [-0.25, -0.2) is 9.78 Å². The second-order valence-corrected chi connectivity index (χ2v) is 7.82. The van der Waals surface area contributed by atoms with Crippen LogP contribution in [0.5, 0.6) is 0 Å². The average molecular weight is 386 g/mol. The summed E-state index contributed by atoms with van der Waals surface area (Å²) in [5, 5.41) is 2.56. The van der Waals surface area contributed by atoms with Crippen molar-refractivity contribution < 1.29 is 14.3 Å². The molecule has 1 fully saturated rings. The van der Waals surface area contributed by atoms with E-state index in [4.69, 9.17) is 16.3 Å². The smallest absolute Gasteiger partial charge is 0.409 e. The lowest BCUT2D eigenvalue weighted by Gasteiger charge is -2.20. The fraction of sp³-hybridized carbons (Fsp3) is 0.400. The number of thiophene rings is 1. The van der Waals surface area contributed by atoms with Crippen LogP contribution in [0, 0.1) is 0 Å². The van der Waals surface area contributed by atoms with Gasteiger partial charge in [0.2, 0.25) is 0 Å². The maximum Gasteiger partial charge on any atom is 0.409 e. The lowest BCUT2D eigenvalue weighted by Crippen LogP contribution is -2.37. The van der Waals surface area contributed by atoms with E-state index in [9.17, 15) is 9.59 Å². The van der Waals surface area contributed by atoms with Gasteiger partial charge < -0.3 is 14.5 Å². The van der Waals surface area contributed by atoms with Crippen molar-refractivity contribution in [2.24, 2.45) is 0 Å². The molecular weight excluding hydrogens is 370 g/mol. The fourth-order valence-electron chi connectivity index (χ4n) is 2.51. The number of carbonyl (C=O) groups excluding carboxylic acids is 2. The predicted molar refractivity (Wildman–Crippen MR) is 94.9 cm³/mol. The van der Waals surface area contributed by atoms with E-state index < -0.39 is 0 Å². The monoisotopic (exact) mass is 385 g/mol. The maximum absolute atomic E-state index is 12.7. The van der Waals surface area contributed by atoms with Gasteiger partial charge in [-0.1, -0.05) is 11.6 Å². The zero-order valence-electron chi connectivity index (χ0n) is 13.0. The number of halogens is 1. The van der Waals surface area contributed by atoms with Gasteiger partial charge in [0.05, 0.1) is 16.3 Å². The van der Waals surface area contributed by atoms with E-state index in [0.29, 0.717) is 36.2 Å². The van der Waals surface area contributed by atoms with E-state index in [-0.39, 0.29) is 12.0 Å². The Balaban J connectivity index is 1.68. The molecule has 6 nitrogen and oxygen atoms in total. The Morgan fingerprint density at radius 1 is 1.21 bits per heavy atom. The molecule has 2 aromatic rings. The van der Waals surface area contributed by atoms with Gasteiger partial charge in [-0.2, -0.15) is 0 Å². The van der Waals surface area contributed by atoms with Crippen molar-refractivity contribution in [3.05, 3.63) is 27.5 Å². The van der Waals surface area contributed by atoms with Crippen molar-refractivity contribution in [3.63, 3.8) is 0 Å². The third-order valence-corrected chi connectivity index (χ3v) is 5.97. The van der Waals surface area contributed by atoms with E-state index >= 15 is 0 Å². The molecule has 0 bridgehead atoms. The highest BCUT2D eigenvalue weighted by molar-refractivity contribution is 7.23. The van der Waals surface area contributed by atoms with Gasteiger partial charge in [0, 0.05) is 31.6 Å². The van der Waals surface area contributed by atoms with Crippen LogP contribution in [0.25, 0.3) is 9.88 Å². The van der Waals surface area contributed by atoms with Gasteiger partial charge in [0.1, 0.15) is 10.7 Å². The van der Waals surface area contributed by atoms with Crippen LogP contribution in [0.4, 0.5) is 4.79 Å². The lowest BCUT2D eigenvalue weighted by atomic mass is 10.3. The van der Waals surface area contributed by atoms with Crippen LogP contribution in [0.2, 0.25) is 4.34 Å². The van der Waals surface area contributed by atoms with Crippen LogP contribution < -0.4 is 0 Å². The topological polar surface area (TPSA) is 62.7 Å². The number of amides is 2. The minimum Gasteiger partial charge on any atom is -0.453 e. The summed E-state index contributed by atoms with van der Waals surface area (Å²) in [6, 6.07) is 3.72. The zero-order valence-corrected chi connectivity index (χ0v) is 15.4. The summed E-state index contributed by atoms with van der Waals surface area (Å²) in [6.45, 7) is 2.14. The summed E-state index contributed by atoms with van der Waals surface area (Å²) < 4.78 is 5.44. The summed E-state index contributed by atoms with van der Waals surface area (Å²) in [5.41, 5.74) is 0.436. The zero-order chi connectivity index (χ0) is 17.1. The molecule has 0 atom stereocenters. The van der Waals surface area contributed by atoms with Crippen molar-refractivity contribution in [2.75, 3.05) is 33.3 Å². The van der Waals surface area contributed by atoms with Gasteiger partial charge in [0.25, 0.3) is 5.91 Å². The first-order valence-electron chi connectivity index (χ1n) is 7.42. The largest absolute Gasteiger partial charge is 0.453 e. The molecule has 0 N–H and O–H groups in total. The van der Waals surface area contributed by atoms with Crippen LogP contribution >= 0.6 is 34.3 Å². The molecule has 0 saturated carbocycles. The van der Waals surface area contributed by atoms with Crippen molar-refractivity contribution >= 4 is 46.3 Å². The third kappa shape index (κ3) is 3.71. The Labute approximate surface area is 152 Å². The molecule has 128 valence electrons. The SMILES string of the molecule is COC(=O)N1CCCN(C(=O)c2csc(-c3ccc(Cl)s3)n2)CC1. The molecule has 3 rings (SSSR count).